The molecule has 4 heteroatoms. The molecule has 2 fully saturated rings. The standard InChI is InChI=1S/C19H29FN2O/c1-15-12-16(20)7-8-18(15)19(23)14-22-11-5-6-17(22)13-21-9-3-2-4-10-21/h7-8,12,17,19,23H,2-6,9-11,13-14H2,1H3. The molecule has 2 aliphatic rings. The molecule has 1 N–H and O–H groups in total. The van der Waals surface area contributed by atoms with Gasteiger partial charge in [0, 0.05) is 19.1 Å². The lowest BCUT2D eigenvalue weighted by Gasteiger charge is -2.34. The first kappa shape index (κ1) is 16.9. The highest BCUT2D eigenvalue weighted by atomic mass is 19.1. The Morgan fingerprint density at radius 2 is 1.96 bits per heavy atom. The molecule has 2 unspecified atom stereocenters. The van der Waals surface area contributed by atoms with Gasteiger partial charge in [0.2, 0.25) is 0 Å². The maximum absolute atomic E-state index is 13.2. The van der Waals surface area contributed by atoms with Gasteiger partial charge in [-0.15, -0.1) is 0 Å². The highest BCUT2D eigenvalue weighted by molar-refractivity contribution is 5.28. The van der Waals surface area contributed by atoms with Crippen molar-refractivity contribution in [2.24, 2.45) is 0 Å². The molecule has 3 rings (SSSR count). The number of β-amino-alcohol motifs (C(OH)–C–C–N with tert-alkyl or cyclic N) is 1. The number of nitrogens with zero attached hydrogens (tertiary/aromatic N) is 2. The summed E-state index contributed by atoms with van der Waals surface area (Å²) in [4.78, 5) is 5.02. The van der Waals surface area contributed by atoms with Crippen LogP contribution in [-0.4, -0.2) is 53.7 Å². The van der Waals surface area contributed by atoms with Gasteiger partial charge in [0.25, 0.3) is 0 Å². The summed E-state index contributed by atoms with van der Waals surface area (Å²) >= 11 is 0. The molecule has 0 bridgehead atoms. The Labute approximate surface area is 139 Å². The van der Waals surface area contributed by atoms with E-state index in [0.717, 1.165) is 24.2 Å². The smallest absolute Gasteiger partial charge is 0.123 e. The van der Waals surface area contributed by atoms with Crippen molar-refractivity contribution in [1.29, 1.82) is 0 Å². The molecule has 23 heavy (non-hydrogen) atoms. The first-order valence-electron chi connectivity index (χ1n) is 9.04. The number of benzene rings is 1. The molecule has 1 aromatic rings. The number of rotatable bonds is 5. The molecule has 2 heterocycles. The molecule has 0 amide bonds. The lowest BCUT2D eigenvalue weighted by Crippen LogP contribution is -2.43. The zero-order valence-corrected chi connectivity index (χ0v) is 14.2. The van der Waals surface area contributed by atoms with Gasteiger partial charge in [-0.25, -0.2) is 4.39 Å². The van der Waals surface area contributed by atoms with Crippen LogP contribution in [0.3, 0.4) is 0 Å². The number of halogens is 1. The van der Waals surface area contributed by atoms with E-state index in [0.29, 0.717) is 12.6 Å². The van der Waals surface area contributed by atoms with Gasteiger partial charge in [-0.1, -0.05) is 12.5 Å². The average Bonchev–Trinajstić information content (AvgIpc) is 2.95. The van der Waals surface area contributed by atoms with Crippen molar-refractivity contribution in [3.05, 3.63) is 35.1 Å². The summed E-state index contributed by atoms with van der Waals surface area (Å²) in [5.74, 6) is -0.234. The summed E-state index contributed by atoms with van der Waals surface area (Å²) in [6, 6.07) is 5.24. The molecule has 2 atom stereocenters. The zero-order chi connectivity index (χ0) is 16.2. The predicted octanol–water partition coefficient (Wildman–Crippen LogP) is 3.12. The van der Waals surface area contributed by atoms with Crippen LogP contribution < -0.4 is 0 Å². The van der Waals surface area contributed by atoms with Crippen LogP contribution in [-0.2, 0) is 0 Å². The Bertz CT molecular complexity index is 516. The van der Waals surface area contributed by atoms with Crippen molar-refractivity contribution < 1.29 is 9.50 Å². The maximum Gasteiger partial charge on any atom is 0.123 e. The van der Waals surface area contributed by atoms with Gasteiger partial charge in [-0.05, 0) is 75.5 Å². The fourth-order valence-electron chi connectivity index (χ4n) is 4.12. The summed E-state index contributed by atoms with van der Waals surface area (Å²) < 4.78 is 13.2. The minimum Gasteiger partial charge on any atom is -0.387 e. The van der Waals surface area contributed by atoms with Gasteiger partial charge < -0.3 is 10.0 Å². The van der Waals surface area contributed by atoms with E-state index >= 15 is 0 Å². The Morgan fingerprint density at radius 3 is 2.70 bits per heavy atom. The zero-order valence-electron chi connectivity index (χ0n) is 14.2. The predicted molar refractivity (Wildman–Crippen MR) is 91.0 cm³/mol. The second kappa shape index (κ2) is 7.73. The van der Waals surface area contributed by atoms with E-state index in [4.69, 9.17) is 0 Å². The van der Waals surface area contributed by atoms with E-state index in [1.54, 1.807) is 6.07 Å². The number of aliphatic hydroxyl groups is 1. The molecule has 128 valence electrons. The third-order valence-corrected chi connectivity index (χ3v) is 5.41. The summed E-state index contributed by atoms with van der Waals surface area (Å²) in [5, 5.41) is 10.6. The molecule has 0 spiro atoms. The first-order chi connectivity index (χ1) is 11.1. The second-order valence-electron chi connectivity index (χ2n) is 7.17. The fourth-order valence-corrected chi connectivity index (χ4v) is 4.12. The van der Waals surface area contributed by atoms with Gasteiger partial charge in [-0.2, -0.15) is 0 Å². The van der Waals surface area contributed by atoms with Crippen molar-refractivity contribution in [1.82, 2.24) is 9.80 Å². The largest absolute Gasteiger partial charge is 0.387 e. The average molecular weight is 320 g/mol. The quantitative estimate of drug-likeness (QED) is 0.903. The molecule has 0 saturated carbocycles. The maximum atomic E-state index is 13.2. The van der Waals surface area contributed by atoms with Crippen LogP contribution >= 0.6 is 0 Å². The van der Waals surface area contributed by atoms with Crippen LogP contribution in [0.15, 0.2) is 18.2 Å². The van der Waals surface area contributed by atoms with Crippen molar-refractivity contribution in [3.8, 4) is 0 Å². The SMILES string of the molecule is Cc1cc(F)ccc1C(O)CN1CCCC1CN1CCCCC1. The minimum atomic E-state index is -0.530. The number of hydrogen-bond donors (Lipinski definition) is 1. The third kappa shape index (κ3) is 4.31. The van der Waals surface area contributed by atoms with Crippen LogP contribution in [0.5, 0.6) is 0 Å². The Hall–Kier alpha value is -0.970. The molecule has 2 aliphatic heterocycles. The number of aliphatic hydroxyl groups excluding tert-OH is 1. The monoisotopic (exact) mass is 320 g/mol. The lowest BCUT2D eigenvalue weighted by atomic mass is 10.0. The van der Waals surface area contributed by atoms with E-state index in [1.807, 2.05) is 6.92 Å². The third-order valence-electron chi connectivity index (χ3n) is 5.41. The van der Waals surface area contributed by atoms with E-state index in [-0.39, 0.29) is 5.82 Å². The van der Waals surface area contributed by atoms with Crippen molar-refractivity contribution >= 4 is 0 Å². The van der Waals surface area contributed by atoms with Gasteiger partial charge in [0.1, 0.15) is 5.82 Å². The van der Waals surface area contributed by atoms with Crippen molar-refractivity contribution in [2.75, 3.05) is 32.7 Å². The molecule has 0 aromatic heterocycles. The molecular formula is C19H29FN2O. The number of piperidine rings is 1. The Balaban J connectivity index is 1.59. The molecule has 0 radical (unpaired) electrons. The van der Waals surface area contributed by atoms with Gasteiger partial charge >= 0.3 is 0 Å². The summed E-state index contributed by atoms with van der Waals surface area (Å²) in [6.45, 7) is 7.18. The van der Waals surface area contributed by atoms with Crippen LogP contribution in [0.4, 0.5) is 4.39 Å². The lowest BCUT2D eigenvalue weighted by molar-refractivity contribution is 0.0874. The fraction of sp³-hybridized carbons (Fsp3) is 0.684. The number of likely N-dealkylation sites (tertiary alicyclic amines) is 2. The minimum absolute atomic E-state index is 0.234. The van der Waals surface area contributed by atoms with Gasteiger partial charge in [0.15, 0.2) is 0 Å². The van der Waals surface area contributed by atoms with E-state index < -0.39 is 6.10 Å². The summed E-state index contributed by atoms with van der Waals surface area (Å²) in [6.07, 6.45) is 5.93. The molecule has 3 nitrogen and oxygen atoms in total. The van der Waals surface area contributed by atoms with Gasteiger partial charge in [-0.3, -0.25) is 4.90 Å². The Morgan fingerprint density at radius 1 is 1.17 bits per heavy atom. The number of hydrogen-bond acceptors (Lipinski definition) is 3. The molecule has 1 aromatic carbocycles. The van der Waals surface area contributed by atoms with Crippen LogP contribution in [0, 0.1) is 12.7 Å². The van der Waals surface area contributed by atoms with Crippen molar-refractivity contribution in [2.45, 2.75) is 51.2 Å². The summed E-state index contributed by atoms with van der Waals surface area (Å²) in [7, 11) is 0. The number of aryl methyl sites for hydroxylation is 1. The Kier molecular flexibility index (Phi) is 5.67. The summed E-state index contributed by atoms with van der Waals surface area (Å²) in [5.41, 5.74) is 1.69. The van der Waals surface area contributed by atoms with Crippen LogP contribution in [0.1, 0.15) is 49.3 Å². The normalized spacial score (nSPS) is 24.9. The highest BCUT2D eigenvalue weighted by Crippen LogP contribution is 2.25. The first-order valence-corrected chi connectivity index (χ1v) is 9.04. The van der Waals surface area contributed by atoms with E-state index in [1.165, 1.54) is 57.3 Å². The van der Waals surface area contributed by atoms with Crippen LogP contribution in [0.2, 0.25) is 0 Å². The van der Waals surface area contributed by atoms with Gasteiger partial charge in [0.05, 0.1) is 6.10 Å². The molecular weight excluding hydrogens is 291 g/mol. The van der Waals surface area contributed by atoms with Crippen molar-refractivity contribution in [3.63, 3.8) is 0 Å². The highest BCUT2D eigenvalue weighted by Gasteiger charge is 2.29. The van der Waals surface area contributed by atoms with E-state index in [9.17, 15) is 9.50 Å². The van der Waals surface area contributed by atoms with E-state index in [2.05, 4.69) is 9.80 Å². The second-order valence-corrected chi connectivity index (χ2v) is 7.17. The molecule has 2 saturated heterocycles. The topological polar surface area (TPSA) is 26.7 Å². The molecule has 0 aliphatic carbocycles. The van der Waals surface area contributed by atoms with Crippen LogP contribution in [0.25, 0.3) is 0 Å².